The number of nitrogens with zero attached hydrogens (tertiary/aromatic N) is 4. The van der Waals surface area contributed by atoms with Crippen molar-refractivity contribution in [1.82, 2.24) is 24.3 Å². The summed E-state index contributed by atoms with van der Waals surface area (Å²) in [7, 11) is 1.63. The summed E-state index contributed by atoms with van der Waals surface area (Å²) in [5.74, 6) is -0.544. The molecule has 1 saturated heterocycles. The molecule has 1 atom stereocenters. The lowest BCUT2D eigenvalue weighted by molar-refractivity contribution is -0.274. The van der Waals surface area contributed by atoms with Gasteiger partial charge in [-0.15, -0.1) is 13.2 Å². The molecule has 1 aliphatic heterocycles. The first-order valence-corrected chi connectivity index (χ1v) is 13.9. The van der Waals surface area contributed by atoms with Gasteiger partial charge in [0.05, 0.1) is 11.2 Å². The van der Waals surface area contributed by atoms with Crippen LogP contribution in [-0.4, -0.2) is 62.1 Å². The van der Waals surface area contributed by atoms with Gasteiger partial charge in [-0.2, -0.15) is 0 Å². The largest absolute Gasteiger partial charge is 0.573 e. The molecule has 4 aromatic rings. The second-order valence-corrected chi connectivity index (χ2v) is 11.5. The number of fused-ring (bicyclic) bond motifs is 2. The van der Waals surface area contributed by atoms with Crippen LogP contribution in [0.5, 0.6) is 5.75 Å². The number of hydrogen-bond acceptors (Lipinski definition) is 5. The van der Waals surface area contributed by atoms with Gasteiger partial charge in [0.15, 0.2) is 11.6 Å². The third-order valence-corrected chi connectivity index (χ3v) is 7.19. The number of alkyl carbamates (subject to hydrolysis) is 1. The van der Waals surface area contributed by atoms with E-state index in [9.17, 15) is 22.8 Å². The monoisotopic (exact) mass is 585 g/mol. The summed E-state index contributed by atoms with van der Waals surface area (Å²) in [6.07, 6.45) is -4.32. The van der Waals surface area contributed by atoms with Crippen molar-refractivity contribution < 1.29 is 32.2 Å². The van der Waals surface area contributed by atoms with Crippen LogP contribution in [0.2, 0.25) is 0 Å². The summed E-state index contributed by atoms with van der Waals surface area (Å²) in [6, 6.07) is 12.0. The SMILES string of the molecule is CCn1c(-c2nc3cc(C(=O)N4CCC[C@@H](NC(=O)OC(C)(C)C)C4)cc(OC(F)(F)F)c3n2C)cc2ccccc21. The standard InChI is InChI=1S/C30H34F3N5O4/c1-6-38-22-12-8-7-10-18(22)15-23(38)26-35-21-14-19(16-24(25(21)36(26)5)41-30(31,32)33)27(39)37-13-9-11-20(17-37)34-28(40)42-29(2,3)4/h7-8,10,12,14-16,20H,6,9,11,13,17H2,1-5H3,(H,34,40)/t20-/m1/s1. The Hall–Kier alpha value is -4.22. The molecule has 224 valence electrons. The van der Waals surface area contributed by atoms with Gasteiger partial charge in [0.2, 0.25) is 0 Å². The van der Waals surface area contributed by atoms with Gasteiger partial charge in [-0.05, 0) is 64.8 Å². The Morgan fingerprint density at radius 3 is 2.55 bits per heavy atom. The Bertz CT molecular complexity index is 1650. The number of carbonyl (C=O) groups excluding carboxylic acids is 2. The minimum atomic E-state index is -4.98. The van der Waals surface area contributed by atoms with Crippen molar-refractivity contribution >= 4 is 33.9 Å². The van der Waals surface area contributed by atoms with E-state index in [2.05, 4.69) is 10.1 Å². The highest BCUT2D eigenvalue weighted by Gasteiger charge is 2.34. The number of para-hydroxylation sites is 1. The molecule has 1 aliphatic rings. The molecular weight excluding hydrogens is 551 g/mol. The zero-order valence-electron chi connectivity index (χ0n) is 24.2. The molecule has 0 unspecified atom stereocenters. The summed E-state index contributed by atoms with van der Waals surface area (Å²) in [6.45, 7) is 8.45. The first kappa shape index (κ1) is 29.3. The van der Waals surface area contributed by atoms with Gasteiger partial charge in [-0.25, -0.2) is 9.78 Å². The number of nitrogens with one attached hydrogen (secondary N) is 1. The smallest absolute Gasteiger partial charge is 0.444 e. The van der Waals surface area contributed by atoms with E-state index in [0.717, 1.165) is 22.7 Å². The highest BCUT2D eigenvalue weighted by molar-refractivity contribution is 6.00. The molecule has 0 saturated carbocycles. The Kier molecular flexibility index (Phi) is 7.59. The lowest BCUT2D eigenvalue weighted by atomic mass is 10.0. The number of benzene rings is 2. The van der Waals surface area contributed by atoms with Crippen molar-refractivity contribution in [1.29, 1.82) is 0 Å². The fraction of sp³-hybridized carbons (Fsp3) is 0.433. The van der Waals surface area contributed by atoms with E-state index in [1.807, 2.05) is 41.8 Å². The van der Waals surface area contributed by atoms with Crippen LogP contribution in [-0.2, 0) is 18.3 Å². The summed E-state index contributed by atoms with van der Waals surface area (Å²) < 4.78 is 54.1. The van der Waals surface area contributed by atoms with Gasteiger partial charge in [0.25, 0.3) is 5.91 Å². The summed E-state index contributed by atoms with van der Waals surface area (Å²) in [5.41, 5.74) is 1.37. The van der Waals surface area contributed by atoms with E-state index in [1.165, 1.54) is 11.0 Å². The average molecular weight is 586 g/mol. The van der Waals surface area contributed by atoms with Crippen molar-refractivity contribution in [3.05, 3.63) is 48.0 Å². The maximum absolute atomic E-state index is 13.6. The highest BCUT2D eigenvalue weighted by atomic mass is 19.4. The van der Waals surface area contributed by atoms with Crippen LogP contribution >= 0.6 is 0 Å². The van der Waals surface area contributed by atoms with Crippen LogP contribution in [0.15, 0.2) is 42.5 Å². The number of piperidine rings is 1. The molecule has 1 fully saturated rings. The van der Waals surface area contributed by atoms with E-state index in [1.54, 1.807) is 32.4 Å². The fourth-order valence-corrected chi connectivity index (χ4v) is 5.54. The minimum absolute atomic E-state index is 0.0142. The van der Waals surface area contributed by atoms with Gasteiger partial charge >= 0.3 is 12.5 Å². The lowest BCUT2D eigenvalue weighted by Gasteiger charge is -2.33. The van der Waals surface area contributed by atoms with Gasteiger partial charge in [0, 0.05) is 49.2 Å². The van der Waals surface area contributed by atoms with E-state index < -0.39 is 29.7 Å². The molecule has 0 aliphatic carbocycles. The third-order valence-electron chi connectivity index (χ3n) is 7.19. The molecule has 12 heteroatoms. The van der Waals surface area contributed by atoms with Gasteiger partial charge in [-0.1, -0.05) is 18.2 Å². The maximum atomic E-state index is 13.6. The number of amides is 2. The summed E-state index contributed by atoms with van der Waals surface area (Å²) in [4.78, 5) is 32.1. The number of imidazole rings is 1. The van der Waals surface area contributed by atoms with Crippen LogP contribution in [0.3, 0.4) is 0 Å². The molecule has 42 heavy (non-hydrogen) atoms. The Morgan fingerprint density at radius 2 is 1.86 bits per heavy atom. The maximum Gasteiger partial charge on any atom is 0.573 e. The van der Waals surface area contributed by atoms with E-state index in [-0.39, 0.29) is 29.2 Å². The Labute approximate surface area is 241 Å². The molecule has 0 spiro atoms. The van der Waals surface area contributed by atoms with Gasteiger partial charge in [0.1, 0.15) is 11.1 Å². The number of hydrogen-bond donors (Lipinski definition) is 1. The Morgan fingerprint density at radius 1 is 1.12 bits per heavy atom. The molecule has 5 rings (SSSR count). The zero-order valence-corrected chi connectivity index (χ0v) is 24.2. The minimum Gasteiger partial charge on any atom is -0.444 e. The molecule has 0 bridgehead atoms. The van der Waals surface area contributed by atoms with Crippen molar-refractivity contribution in [2.24, 2.45) is 7.05 Å². The van der Waals surface area contributed by atoms with Crippen molar-refractivity contribution in [3.8, 4) is 17.3 Å². The van der Waals surface area contributed by atoms with Gasteiger partial charge in [-0.3, -0.25) is 4.79 Å². The van der Waals surface area contributed by atoms with Crippen molar-refractivity contribution in [3.63, 3.8) is 0 Å². The lowest BCUT2D eigenvalue weighted by Crippen LogP contribution is -2.50. The van der Waals surface area contributed by atoms with E-state index in [4.69, 9.17) is 9.72 Å². The van der Waals surface area contributed by atoms with Gasteiger partial charge < -0.3 is 28.8 Å². The Balaban J connectivity index is 1.52. The molecule has 2 amide bonds. The predicted octanol–water partition coefficient (Wildman–Crippen LogP) is 6.24. The van der Waals surface area contributed by atoms with Crippen LogP contribution in [0.4, 0.5) is 18.0 Å². The van der Waals surface area contributed by atoms with Crippen LogP contribution in [0, 0.1) is 0 Å². The number of likely N-dealkylation sites (tertiary alicyclic amines) is 1. The van der Waals surface area contributed by atoms with Crippen molar-refractivity contribution in [2.45, 2.75) is 65.1 Å². The number of halogens is 3. The second-order valence-electron chi connectivity index (χ2n) is 11.5. The zero-order chi connectivity index (χ0) is 30.4. The van der Waals surface area contributed by atoms with Crippen LogP contribution in [0.25, 0.3) is 33.5 Å². The third kappa shape index (κ3) is 6.02. The summed E-state index contributed by atoms with van der Waals surface area (Å²) in [5, 5.41) is 3.76. The topological polar surface area (TPSA) is 90.6 Å². The molecule has 2 aromatic carbocycles. The van der Waals surface area contributed by atoms with Crippen LogP contribution in [0.1, 0.15) is 50.9 Å². The number of alkyl halides is 3. The molecule has 9 nitrogen and oxygen atoms in total. The summed E-state index contributed by atoms with van der Waals surface area (Å²) >= 11 is 0. The molecule has 3 heterocycles. The normalized spacial score (nSPS) is 16.2. The number of aromatic nitrogens is 3. The molecule has 1 N–H and O–H groups in total. The number of rotatable bonds is 5. The molecule has 2 aromatic heterocycles. The second kappa shape index (κ2) is 10.9. The van der Waals surface area contributed by atoms with Crippen molar-refractivity contribution in [2.75, 3.05) is 13.1 Å². The fourth-order valence-electron chi connectivity index (χ4n) is 5.54. The average Bonchev–Trinajstić information content (AvgIpc) is 3.43. The number of ether oxygens (including phenoxy) is 2. The quantitative estimate of drug-likeness (QED) is 0.299. The first-order chi connectivity index (χ1) is 19.7. The van der Waals surface area contributed by atoms with Crippen LogP contribution < -0.4 is 10.1 Å². The van der Waals surface area contributed by atoms with E-state index in [0.29, 0.717) is 31.8 Å². The predicted molar refractivity (Wildman–Crippen MR) is 152 cm³/mol. The number of carbonyl (C=O) groups is 2. The number of aryl methyl sites for hydroxylation is 2. The highest BCUT2D eigenvalue weighted by Crippen LogP contribution is 2.36. The first-order valence-electron chi connectivity index (χ1n) is 13.9. The molecule has 0 radical (unpaired) electrons. The van der Waals surface area contributed by atoms with E-state index >= 15 is 0 Å². The molecular formula is C30H34F3N5O4.